The molecule has 8 nitrogen and oxygen atoms in total. The topological polar surface area (TPSA) is 94.7 Å². The number of benzene rings is 3. The molecule has 2 atom stereocenters. The van der Waals surface area contributed by atoms with Gasteiger partial charge in [0.25, 0.3) is 5.91 Å². The van der Waals surface area contributed by atoms with Crippen LogP contribution < -0.4 is 10.1 Å². The summed E-state index contributed by atoms with van der Waals surface area (Å²) in [7, 11) is 0. The Bertz CT molecular complexity index is 1610. The molecule has 2 aliphatic heterocycles. The SMILES string of the molecule is O=C1CN(C(=O)c2ccc3[nH]ccc3c2)CCCCOc2cccc(c2)[C@H]2CN(C(=O)/C=C/c3ccccc3)C[C@@H]2N1. The number of rotatable bonds is 3. The summed E-state index contributed by atoms with van der Waals surface area (Å²) in [5.74, 6) is 0.116. The minimum absolute atomic E-state index is 0.0595. The highest BCUT2D eigenvalue weighted by molar-refractivity contribution is 5.99. The van der Waals surface area contributed by atoms with Crippen LogP contribution >= 0.6 is 0 Å². The molecule has 4 aromatic rings. The van der Waals surface area contributed by atoms with Gasteiger partial charge in [0.1, 0.15) is 5.75 Å². The zero-order chi connectivity index (χ0) is 28.9. The van der Waals surface area contributed by atoms with Crippen LogP contribution in [0.25, 0.3) is 17.0 Å². The number of hydrogen-bond donors (Lipinski definition) is 2. The van der Waals surface area contributed by atoms with E-state index in [0.29, 0.717) is 38.2 Å². The third kappa shape index (κ3) is 6.22. The lowest BCUT2D eigenvalue weighted by Gasteiger charge is -2.26. The van der Waals surface area contributed by atoms with Gasteiger partial charge in [-0.25, -0.2) is 0 Å². The molecule has 1 saturated heterocycles. The Morgan fingerprint density at radius 3 is 2.67 bits per heavy atom. The molecule has 2 aliphatic rings. The lowest BCUT2D eigenvalue weighted by Crippen LogP contribution is -2.47. The monoisotopic (exact) mass is 562 g/mol. The van der Waals surface area contributed by atoms with Gasteiger partial charge < -0.3 is 24.8 Å². The summed E-state index contributed by atoms with van der Waals surface area (Å²) >= 11 is 0. The van der Waals surface area contributed by atoms with Gasteiger partial charge in [0.2, 0.25) is 11.8 Å². The highest BCUT2D eigenvalue weighted by atomic mass is 16.5. The molecule has 0 aliphatic carbocycles. The van der Waals surface area contributed by atoms with Crippen LogP contribution in [0.15, 0.2) is 91.1 Å². The molecule has 0 unspecified atom stereocenters. The summed E-state index contributed by atoms with van der Waals surface area (Å²) in [6.07, 6.45) is 6.68. The van der Waals surface area contributed by atoms with Gasteiger partial charge in [0.15, 0.2) is 0 Å². The van der Waals surface area contributed by atoms with Crippen molar-refractivity contribution < 1.29 is 19.1 Å². The third-order valence-electron chi connectivity index (χ3n) is 8.00. The minimum atomic E-state index is -0.307. The molecule has 1 fully saturated rings. The number of aromatic amines is 1. The van der Waals surface area contributed by atoms with Crippen LogP contribution in [0.2, 0.25) is 0 Å². The molecule has 1 aromatic heterocycles. The molecule has 3 aromatic carbocycles. The predicted molar refractivity (Wildman–Crippen MR) is 162 cm³/mol. The maximum Gasteiger partial charge on any atom is 0.254 e. The fourth-order valence-corrected chi connectivity index (χ4v) is 5.78. The molecule has 42 heavy (non-hydrogen) atoms. The second-order valence-electron chi connectivity index (χ2n) is 10.9. The standard InChI is InChI=1S/C34H34N4O4/c39-32-23-37(34(41)27-12-13-30-26(19-27)15-16-35-30)17-4-5-18-42-28-10-6-9-25(20-28)29-21-38(22-31(29)36-32)33(40)14-11-24-7-2-1-3-8-24/h1-3,6-16,19-20,29,31,35H,4-5,17-18,21-23H2,(H,36,39)/b14-11+/t29-,31+/m1/s1. The molecule has 0 radical (unpaired) electrons. The van der Waals surface area contributed by atoms with Crippen molar-refractivity contribution >= 4 is 34.7 Å². The molecular weight excluding hydrogens is 528 g/mol. The first-order chi connectivity index (χ1) is 20.5. The Hall–Kier alpha value is -4.85. The normalized spacial score (nSPS) is 19.7. The molecule has 2 bridgehead atoms. The van der Waals surface area contributed by atoms with Gasteiger partial charge in [-0.2, -0.15) is 0 Å². The first-order valence-corrected chi connectivity index (χ1v) is 14.4. The van der Waals surface area contributed by atoms with Crippen molar-refractivity contribution in [2.45, 2.75) is 24.8 Å². The molecule has 3 heterocycles. The Morgan fingerprint density at radius 2 is 1.79 bits per heavy atom. The predicted octanol–water partition coefficient (Wildman–Crippen LogP) is 4.61. The number of nitrogens with zero attached hydrogens (tertiary/aromatic N) is 2. The number of carbonyl (C=O) groups excluding carboxylic acids is 3. The number of ether oxygens (including phenoxy) is 1. The maximum atomic E-state index is 13.6. The summed E-state index contributed by atoms with van der Waals surface area (Å²) in [5.41, 5.74) is 3.45. The minimum Gasteiger partial charge on any atom is -0.494 e. The largest absolute Gasteiger partial charge is 0.494 e. The van der Waals surface area contributed by atoms with Crippen molar-refractivity contribution in [3.05, 3.63) is 108 Å². The van der Waals surface area contributed by atoms with Crippen LogP contribution in [-0.4, -0.2) is 71.3 Å². The average Bonchev–Trinajstić information content (AvgIpc) is 3.66. The van der Waals surface area contributed by atoms with E-state index in [1.54, 1.807) is 21.9 Å². The van der Waals surface area contributed by atoms with Gasteiger partial charge in [0, 0.05) is 54.3 Å². The van der Waals surface area contributed by atoms with Crippen LogP contribution in [-0.2, 0) is 9.59 Å². The van der Waals surface area contributed by atoms with E-state index in [2.05, 4.69) is 10.3 Å². The van der Waals surface area contributed by atoms with Gasteiger partial charge in [-0.1, -0.05) is 42.5 Å². The van der Waals surface area contributed by atoms with Gasteiger partial charge in [-0.05, 0) is 66.4 Å². The van der Waals surface area contributed by atoms with Crippen molar-refractivity contribution in [3.8, 4) is 5.75 Å². The lowest BCUT2D eigenvalue weighted by atomic mass is 9.94. The van der Waals surface area contributed by atoms with E-state index in [4.69, 9.17) is 4.74 Å². The number of amides is 3. The molecule has 8 heteroatoms. The Morgan fingerprint density at radius 1 is 0.905 bits per heavy atom. The fraction of sp³-hybridized carbons (Fsp3) is 0.265. The third-order valence-corrected chi connectivity index (χ3v) is 8.00. The first-order valence-electron chi connectivity index (χ1n) is 14.4. The number of nitrogens with one attached hydrogen (secondary N) is 2. The maximum absolute atomic E-state index is 13.6. The van der Waals surface area contributed by atoms with Gasteiger partial charge in [-0.15, -0.1) is 0 Å². The van der Waals surface area contributed by atoms with Crippen molar-refractivity contribution in [1.29, 1.82) is 0 Å². The van der Waals surface area contributed by atoms with Gasteiger partial charge in [-0.3, -0.25) is 14.4 Å². The summed E-state index contributed by atoms with van der Waals surface area (Å²) in [5, 5.41) is 4.11. The molecule has 6 rings (SSSR count). The van der Waals surface area contributed by atoms with E-state index in [1.165, 1.54) is 0 Å². The van der Waals surface area contributed by atoms with E-state index in [-0.39, 0.29) is 36.2 Å². The molecule has 3 amide bonds. The number of likely N-dealkylation sites (tertiary alicyclic amines) is 1. The van der Waals surface area contributed by atoms with E-state index >= 15 is 0 Å². The zero-order valence-electron chi connectivity index (χ0n) is 23.4. The summed E-state index contributed by atoms with van der Waals surface area (Å²) in [6, 6.07) is 24.7. The van der Waals surface area contributed by atoms with Gasteiger partial charge in [0.05, 0.1) is 19.2 Å². The summed E-state index contributed by atoms with van der Waals surface area (Å²) in [6.45, 7) is 1.72. The highest BCUT2D eigenvalue weighted by Gasteiger charge is 2.37. The first kappa shape index (κ1) is 27.3. The summed E-state index contributed by atoms with van der Waals surface area (Å²) in [4.78, 5) is 46.8. The Kier molecular flexibility index (Phi) is 8.03. The van der Waals surface area contributed by atoms with Crippen LogP contribution in [0, 0.1) is 0 Å². The molecule has 0 spiro atoms. The number of hydrogen-bond acceptors (Lipinski definition) is 4. The molecular formula is C34H34N4O4. The quantitative estimate of drug-likeness (QED) is 0.357. The zero-order valence-corrected chi connectivity index (χ0v) is 23.4. The van der Waals surface area contributed by atoms with E-state index in [0.717, 1.165) is 34.2 Å². The Labute approximate surface area is 245 Å². The number of aromatic nitrogens is 1. The van der Waals surface area contributed by atoms with Crippen LogP contribution in [0.1, 0.15) is 40.2 Å². The number of carbonyl (C=O) groups is 3. The van der Waals surface area contributed by atoms with Crippen molar-refractivity contribution in [1.82, 2.24) is 20.1 Å². The molecule has 2 N–H and O–H groups in total. The average molecular weight is 563 g/mol. The van der Waals surface area contributed by atoms with Crippen molar-refractivity contribution in [2.75, 3.05) is 32.8 Å². The van der Waals surface area contributed by atoms with Crippen molar-refractivity contribution in [2.24, 2.45) is 0 Å². The van der Waals surface area contributed by atoms with Gasteiger partial charge >= 0.3 is 0 Å². The molecule has 0 saturated carbocycles. The lowest BCUT2D eigenvalue weighted by molar-refractivity contribution is -0.126. The van der Waals surface area contributed by atoms with Crippen molar-refractivity contribution in [3.63, 3.8) is 0 Å². The summed E-state index contributed by atoms with van der Waals surface area (Å²) < 4.78 is 6.06. The Balaban J connectivity index is 1.23. The molecule has 214 valence electrons. The van der Waals surface area contributed by atoms with Crippen LogP contribution in [0.3, 0.4) is 0 Å². The highest BCUT2D eigenvalue weighted by Crippen LogP contribution is 2.31. The fourth-order valence-electron chi connectivity index (χ4n) is 5.78. The van der Waals surface area contributed by atoms with Crippen LogP contribution in [0.4, 0.5) is 0 Å². The number of H-pyrrole nitrogens is 1. The number of fused-ring (bicyclic) bond motifs is 5. The smallest absolute Gasteiger partial charge is 0.254 e. The van der Waals surface area contributed by atoms with E-state index < -0.39 is 0 Å². The second kappa shape index (κ2) is 12.3. The second-order valence-corrected chi connectivity index (χ2v) is 10.9. The van der Waals surface area contributed by atoms with Crippen LogP contribution in [0.5, 0.6) is 5.75 Å². The van der Waals surface area contributed by atoms with E-state index in [9.17, 15) is 14.4 Å². The van der Waals surface area contributed by atoms with E-state index in [1.807, 2.05) is 85.1 Å².